The summed E-state index contributed by atoms with van der Waals surface area (Å²) in [4.78, 5) is 28.4. The van der Waals surface area contributed by atoms with Crippen molar-refractivity contribution in [2.75, 3.05) is 10.2 Å². The van der Waals surface area contributed by atoms with Crippen LogP contribution in [0.2, 0.25) is 5.02 Å². The van der Waals surface area contributed by atoms with Crippen LogP contribution in [-0.4, -0.2) is 17.9 Å². The van der Waals surface area contributed by atoms with Gasteiger partial charge >= 0.3 is 0 Å². The lowest BCUT2D eigenvalue weighted by Crippen LogP contribution is -2.33. The van der Waals surface area contributed by atoms with E-state index in [2.05, 4.69) is 5.32 Å². The zero-order chi connectivity index (χ0) is 22.8. The molecule has 0 saturated carbocycles. The first-order valence-corrected chi connectivity index (χ1v) is 10.7. The third-order valence-corrected chi connectivity index (χ3v) is 5.31. The van der Waals surface area contributed by atoms with Gasteiger partial charge in [0.1, 0.15) is 11.4 Å². The van der Waals surface area contributed by atoms with Gasteiger partial charge in [0.05, 0.1) is 17.4 Å². The van der Waals surface area contributed by atoms with Crippen molar-refractivity contribution in [3.05, 3.63) is 94.6 Å². The number of para-hydroxylation sites is 2. The van der Waals surface area contributed by atoms with Crippen LogP contribution in [0.25, 0.3) is 5.57 Å². The number of nitrogens with zero attached hydrogens (tertiary/aromatic N) is 1. The van der Waals surface area contributed by atoms with Gasteiger partial charge in [-0.25, -0.2) is 4.90 Å². The summed E-state index contributed by atoms with van der Waals surface area (Å²) in [7, 11) is 0. The number of nitrogens with one attached hydrogen (secondary N) is 1. The highest BCUT2D eigenvalue weighted by Crippen LogP contribution is 2.38. The summed E-state index contributed by atoms with van der Waals surface area (Å²) < 4.78 is 5.88. The summed E-state index contributed by atoms with van der Waals surface area (Å²) in [6.07, 6.45) is -0.114. The van der Waals surface area contributed by atoms with Crippen LogP contribution in [0.3, 0.4) is 0 Å². The van der Waals surface area contributed by atoms with E-state index in [1.54, 1.807) is 30.3 Å². The second kappa shape index (κ2) is 8.89. The topological polar surface area (TPSA) is 58.6 Å². The molecule has 162 valence electrons. The van der Waals surface area contributed by atoms with Gasteiger partial charge in [0.25, 0.3) is 11.8 Å². The maximum Gasteiger partial charge on any atom is 0.282 e. The Kier molecular flexibility index (Phi) is 6.01. The second-order valence-electron chi connectivity index (χ2n) is 7.78. The molecule has 1 aliphatic rings. The van der Waals surface area contributed by atoms with Crippen LogP contribution in [-0.2, 0) is 9.59 Å². The number of benzene rings is 3. The van der Waals surface area contributed by atoms with Crippen LogP contribution in [0.15, 0.2) is 78.5 Å². The van der Waals surface area contributed by atoms with Gasteiger partial charge in [0.2, 0.25) is 0 Å². The number of carbonyl (C=O) groups excluding carboxylic acids is 2. The largest absolute Gasteiger partial charge is 0.489 e. The molecule has 2 amide bonds. The van der Waals surface area contributed by atoms with Crippen LogP contribution in [0.4, 0.5) is 11.4 Å². The van der Waals surface area contributed by atoms with Crippen molar-refractivity contribution in [3.8, 4) is 5.75 Å². The number of rotatable bonds is 6. The molecule has 0 bridgehead atoms. The Morgan fingerprint density at radius 2 is 1.59 bits per heavy atom. The normalized spacial score (nSPS) is 13.8. The van der Waals surface area contributed by atoms with Crippen molar-refractivity contribution in [3.63, 3.8) is 0 Å². The summed E-state index contributed by atoms with van der Waals surface area (Å²) in [5.41, 5.74) is 3.12. The SMILES string of the molecule is Cc1ccc(Cl)cc1NC1=C(c2ccccc2)C(=O)N(c2ccccc2OC(C)C)C1=O. The number of amides is 2. The molecule has 0 spiro atoms. The van der Waals surface area contributed by atoms with Gasteiger partial charge in [-0.2, -0.15) is 0 Å². The molecule has 1 aliphatic heterocycles. The molecular formula is C26H23ClN2O3. The summed E-state index contributed by atoms with van der Waals surface area (Å²) in [6, 6.07) is 21.6. The maximum atomic E-state index is 13.6. The van der Waals surface area contributed by atoms with E-state index in [1.165, 1.54) is 4.90 Å². The van der Waals surface area contributed by atoms with Gasteiger partial charge in [-0.15, -0.1) is 0 Å². The van der Waals surface area contributed by atoms with Crippen molar-refractivity contribution in [2.45, 2.75) is 26.9 Å². The van der Waals surface area contributed by atoms with Crippen LogP contribution < -0.4 is 15.0 Å². The lowest BCUT2D eigenvalue weighted by Gasteiger charge is -2.20. The molecule has 4 rings (SSSR count). The zero-order valence-corrected chi connectivity index (χ0v) is 18.8. The van der Waals surface area contributed by atoms with E-state index < -0.39 is 11.8 Å². The quantitative estimate of drug-likeness (QED) is 0.484. The standard InChI is InChI=1S/C26H23ClN2O3/c1-16(2)32-22-12-8-7-11-21(22)29-25(30)23(18-9-5-4-6-10-18)24(26(29)31)28-20-15-19(27)14-13-17(20)3/h4-16,28H,1-3H3. The van der Waals surface area contributed by atoms with Crippen LogP contribution in [0.5, 0.6) is 5.75 Å². The monoisotopic (exact) mass is 446 g/mol. The minimum absolute atomic E-state index is 0.114. The lowest BCUT2D eigenvalue weighted by atomic mass is 10.0. The first-order chi connectivity index (χ1) is 15.4. The molecule has 1 N–H and O–H groups in total. The lowest BCUT2D eigenvalue weighted by molar-refractivity contribution is -0.120. The van der Waals surface area contributed by atoms with Gasteiger partial charge in [-0.3, -0.25) is 9.59 Å². The summed E-state index contributed by atoms with van der Waals surface area (Å²) in [6.45, 7) is 5.70. The molecular weight excluding hydrogens is 424 g/mol. The van der Waals surface area contributed by atoms with Crippen LogP contribution in [0, 0.1) is 6.92 Å². The fraction of sp³-hybridized carbons (Fsp3) is 0.154. The average molecular weight is 447 g/mol. The van der Waals surface area contributed by atoms with E-state index in [9.17, 15) is 9.59 Å². The zero-order valence-electron chi connectivity index (χ0n) is 18.1. The molecule has 1 heterocycles. The number of aryl methyl sites for hydroxylation is 1. The van der Waals surface area contributed by atoms with Crippen molar-refractivity contribution in [1.29, 1.82) is 0 Å². The predicted octanol–water partition coefficient (Wildman–Crippen LogP) is 5.83. The molecule has 0 saturated heterocycles. The first kappa shape index (κ1) is 21.7. The van der Waals surface area contributed by atoms with Crippen molar-refractivity contribution >= 4 is 40.4 Å². The highest BCUT2D eigenvalue weighted by atomic mass is 35.5. The number of hydrogen-bond acceptors (Lipinski definition) is 4. The molecule has 3 aromatic rings. The summed E-state index contributed by atoms with van der Waals surface area (Å²) in [5.74, 6) is -0.395. The Morgan fingerprint density at radius 1 is 0.906 bits per heavy atom. The Labute approximate surface area is 192 Å². The van der Waals surface area contributed by atoms with E-state index in [0.717, 1.165) is 5.56 Å². The molecule has 0 aliphatic carbocycles. The van der Waals surface area contributed by atoms with E-state index >= 15 is 0 Å². The van der Waals surface area contributed by atoms with Gasteiger partial charge in [-0.05, 0) is 56.2 Å². The molecule has 3 aromatic carbocycles. The number of halogens is 1. The molecule has 5 nitrogen and oxygen atoms in total. The molecule has 0 radical (unpaired) electrons. The fourth-order valence-corrected chi connectivity index (χ4v) is 3.77. The summed E-state index contributed by atoms with van der Waals surface area (Å²) >= 11 is 6.18. The smallest absolute Gasteiger partial charge is 0.282 e. The average Bonchev–Trinajstić information content (AvgIpc) is 3.01. The Bertz CT molecular complexity index is 1220. The third kappa shape index (κ3) is 4.12. The highest BCUT2D eigenvalue weighted by molar-refractivity contribution is 6.46. The first-order valence-electron chi connectivity index (χ1n) is 10.3. The highest BCUT2D eigenvalue weighted by Gasteiger charge is 2.41. The predicted molar refractivity (Wildman–Crippen MR) is 128 cm³/mol. The summed E-state index contributed by atoms with van der Waals surface area (Å²) in [5, 5.41) is 3.71. The molecule has 0 aromatic heterocycles. The van der Waals surface area contributed by atoms with E-state index in [-0.39, 0.29) is 11.8 Å². The van der Waals surface area contributed by atoms with E-state index in [1.807, 2.05) is 63.2 Å². The third-order valence-electron chi connectivity index (χ3n) is 5.07. The van der Waals surface area contributed by atoms with Gasteiger partial charge in [0.15, 0.2) is 0 Å². The van der Waals surface area contributed by atoms with E-state index in [0.29, 0.717) is 33.3 Å². The number of ether oxygens (including phenoxy) is 1. The van der Waals surface area contributed by atoms with E-state index in [4.69, 9.17) is 16.3 Å². The van der Waals surface area contributed by atoms with Crippen LogP contribution in [0.1, 0.15) is 25.0 Å². The molecule has 0 fully saturated rings. The maximum absolute atomic E-state index is 13.6. The van der Waals surface area contributed by atoms with Gasteiger partial charge < -0.3 is 10.1 Å². The van der Waals surface area contributed by atoms with Gasteiger partial charge in [0, 0.05) is 10.7 Å². The molecule has 32 heavy (non-hydrogen) atoms. The molecule has 0 unspecified atom stereocenters. The van der Waals surface area contributed by atoms with Crippen molar-refractivity contribution in [1.82, 2.24) is 0 Å². The van der Waals surface area contributed by atoms with Gasteiger partial charge in [-0.1, -0.05) is 60.1 Å². The Balaban J connectivity index is 1.84. The fourth-order valence-electron chi connectivity index (χ4n) is 3.60. The van der Waals surface area contributed by atoms with Crippen LogP contribution >= 0.6 is 11.6 Å². The number of carbonyl (C=O) groups is 2. The van der Waals surface area contributed by atoms with Crippen molar-refractivity contribution in [2.24, 2.45) is 0 Å². The number of imide groups is 1. The Hall–Kier alpha value is -3.57. The minimum Gasteiger partial charge on any atom is -0.489 e. The second-order valence-corrected chi connectivity index (χ2v) is 8.22. The Morgan fingerprint density at radius 3 is 2.31 bits per heavy atom. The number of anilines is 2. The molecule has 0 atom stereocenters. The minimum atomic E-state index is -0.451. The van der Waals surface area contributed by atoms with Crippen molar-refractivity contribution < 1.29 is 14.3 Å². The number of hydrogen-bond donors (Lipinski definition) is 1. The molecule has 6 heteroatoms.